The van der Waals surface area contributed by atoms with Crippen molar-refractivity contribution in [2.75, 3.05) is 5.73 Å². The van der Waals surface area contributed by atoms with Gasteiger partial charge in [0, 0.05) is 44.7 Å². The molecule has 0 fully saturated rings. The molecule has 2 aromatic carbocycles. The molecule has 3 aromatic rings. The van der Waals surface area contributed by atoms with Gasteiger partial charge in [-0.15, -0.1) is 0 Å². The van der Waals surface area contributed by atoms with Gasteiger partial charge in [0.25, 0.3) is 0 Å². The predicted molar refractivity (Wildman–Crippen MR) is 73.0 cm³/mol. The number of benzene rings is 2. The van der Waals surface area contributed by atoms with Gasteiger partial charge in [-0.3, -0.25) is 0 Å². The molecule has 0 saturated heterocycles. The quantitative estimate of drug-likeness (QED) is 0.553. The number of nitrogens with two attached hydrogens (primary N) is 1. The third kappa shape index (κ3) is 2.67. The van der Waals surface area contributed by atoms with Crippen molar-refractivity contribution < 1.29 is 32.7 Å². The van der Waals surface area contributed by atoms with Crippen molar-refractivity contribution in [2.24, 2.45) is 0 Å². The van der Waals surface area contributed by atoms with Crippen molar-refractivity contribution in [3.05, 3.63) is 54.4 Å². The van der Waals surface area contributed by atoms with Crippen LogP contribution in [0.15, 0.2) is 42.5 Å². The van der Waals surface area contributed by atoms with Gasteiger partial charge in [0.1, 0.15) is 0 Å². The van der Waals surface area contributed by atoms with Gasteiger partial charge in [-0.2, -0.15) is 0 Å². The first kappa shape index (κ1) is 14.1. The molecule has 0 amide bonds. The monoisotopic (exact) mass is 323 g/mol. The topological polar surface area (TPSA) is 51.8 Å². The molecule has 1 heterocycles. The fraction of sp³-hybridized carbons (Fsp3) is 0.0667. The van der Waals surface area contributed by atoms with E-state index in [1.54, 1.807) is 0 Å². The van der Waals surface area contributed by atoms with Crippen LogP contribution in [0.5, 0.6) is 0 Å². The Morgan fingerprint density at radius 2 is 1.84 bits per heavy atom. The number of anilines is 1. The summed E-state index contributed by atoms with van der Waals surface area (Å²) in [6.45, 7) is 2.03. The zero-order valence-corrected chi connectivity index (χ0v) is 13.4. The maximum absolute atomic E-state index is 5.82. The van der Waals surface area contributed by atoms with Crippen LogP contribution in [0.2, 0.25) is 0 Å². The van der Waals surface area contributed by atoms with Gasteiger partial charge in [-0.1, -0.05) is 46.8 Å². The van der Waals surface area contributed by atoms with Crippen LogP contribution in [0.3, 0.4) is 0 Å². The van der Waals surface area contributed by atoms with Crippen LogP contribution in [0.1, 0.15) is 5.56 Å². The first-order valence-electron chi connectivity index (χ1n) is 5.75. The second-order valence-corrected chi connectivity index (χ2v) is 4.27. The summed E-state index contributed by atoms with van der Waals surface area (Å²) in [4.78, 5) is 8.49. The molecule has 1 radical (unpaired) electrons. The molecule has 0 atom stereocenters. The number of nitrogen functional groups attached to an aromatic ring is 1. The number of aryl methyl sites for hydroxylation is 1. The van der Waals surface area contributed by atoms with Gasteiger partial charge in [0.05, 0.1) is 0 Å². The molecule has 19 heavy (non-hydrogen) atoms. The van der Waals surface area contributed by atoms with E-state index in [4.69, 9.17) is 5.73 Å². The van der Waals surface area contributed by atoms with Crippen LogP contribution in [0, 0.1) is 13.3 Å². The summed E-state index contributed by atoms with van der Waals surface area (Å²) < 4.78 is 0. The molecule has 0 aliphatic carbocycles. The fourth-order valence-electron chi connectivity index (χ4n) is 2.09. The molecule has 3 rings (SSSR count). The zero-order chi connectivity index (χ0) is 12.5. The molecule has 0 saturated carbocycles. The van der Waals surface area contributed by atoms with E-state index in [-0.39, 0.29) is 32.7 Å². The Morgan fingerprint density at radius 1 is 1.05 bits per heavy atom. The molecule has 4 heteroatoms. The number of para-hydroxylation sites is 1. The number of hydrogen-bond acceptors (Lipinski definition) is 3. The Labute approximate surface area is 137 Å². The average molecular weight is 323 g/mol. The van der Waals surface area contributed by atoms with Crippen molar-refractivity contribution >= 4 is 16.6 Å². The summed E-state index contributed by atoms with van der Waals surface area (Å²) in [6.07, 6.45) is 2.72. The maximum Gasteiger partial charge on any atom is 0.0310 e. The van der Waals surface area contributed by atoms with E-state index < -0.39 is 0 Å². The first-order chi connectivity index (χ1) is 8.75. The molecule has 0 spiro atoms. The Morgan fingerprint density at radius 3 is 2.63 bits per heavy atom. The largest absolute Gasteiger partial charge is 0.399 e. The third-order valence-electron chi connectivity index (χ3n) is 2.98. The molecular weight excluding hydrogens is 311 g/mol. The normalized spacial score (nSPS) is 10.2. The van der Waals surface area contributed by atoms with E-state index in [1.807, 2.05) is 49.4 Å². The van der Waals surface area contributed by atoms with E-state index >= 15 is 0 Å². The second kappa shape index (κ2) is 5.76. The summed E-state index contributed by atoms with van der Waals surface area (Å²) in [7, 11) is 0. The number of fused-ring (bicyclic) bond motifs is 1. The minimum Gasteiger partial charge on any atom is -0.399 e. The molecule has 0 aliphatic heterocycles. The van der Waals surface area contributed by atoms with Crippen molar-refractivity contribution in [1.29, 1.82) is 0 Å². The standard InChI is InChI=1S/C15H12N3.Y/c1-10-4-2-7-13-14(10)17-9-18-15(13)11-5-3-6-12(16)8-11;/h2-8H,16H2,1H3;/q-1;. The van der Waals surface area contributed by atoms with Crippen LogP contribution in [-0.2, 0) is 32.7 Å². The minimum absolute atomic E-state index is 0. The summed E-state index contributed by atoms with van der Waals surface area (Å²) in [6, 6.07) is 13.8. The Balaban J connectivity index is 0.00000133. The van der Waals surface area contributed by atoms with E-state index in [1.165, 1.54) is 0 Å². The Bertz CT molecular complexity index is 725. The van der Waals surface area contributed by atoms with Gasteiger partial charge in [-0.25, -0.2) is 0 Å². The number of hydrogen-bond donors (Lipinski definition) is 1. The van der Waals surface area contributed by atoms with Crippen molar-refractivity contribution in [2.45, 2.75) is 6.92 Å². The van der Waals surface area contributed by atoms with Crippen LogP contribution in [-0.4, -0.2) is 9.97 Å². The van der Waals surface area contributed by atoms with E-state index in [9.17, 15) is 0 Å². The van der Waals surface area contributed by atoms with E-state index in [0.717, 1.165) is 33.4 Å². The predicted octanol–water partition coefficient (Wildman–Crippen LogP) is 2.99. The first-order valence-corrected chi connectivity index (χ1v) is 5.75. The van der Waals surface area contributed by atoms with Crippen LogP contribution < -0.4 is 5.73 Å². The minimum atomic E-state index is 0. The van der Waals surface area contributed by atoms with Crippen molar-refractivity contribution in [3.8, 4) is 11.3 Å². The van der Waals surface area contributed by atoms with Gasteiger partial charge < -0.3 is 15.7 Å². The van der Waals surface area contributed by atoms with E-state index in [2.05, 4.69) is 16.3 Å². The summed E-state index contributed by atoms with van der Waals surface area (Å²) in [5, 5.41) is 1.03. The van der Waals surface area contributed by atoms with Gasteiger partial charge in [0.15, 0.2) is 0 Å². The van der Waals surface area contributed by atoms with Crippen molar-refractivity contribution in [1.82, 2.24) is 9.97 Å². The SMILES string of the molecule is Cc1cccc2c(-c3cccc(N)c3)n[c-]nc12.[Y]. The maximum atomic E-state index is 5.82. The van der Waals surface area contributed by atoms with Crippen LogP contribution >= 0.6 is 0 Å². The zero-order valence-electron chi connectivity index (χ0n) is 10.6. The molecule has 0 unspecified atom stereocenters. The molecule has 0 bridgehead atoms. The Kier molecular flexibility index (Phi) is 4.28. The number of nitrogens with zero attached hydrogens (tertiary/aromatic N) is 2. The Hall–Kier alpha value is -1.32. The average Bonchev–Trinajstić information content (AvgIpc) is 2.39. The summed E-state index contributed by atoms with van der Waals surface area (Å²) >= 11 is 0. The molecule has 0 aliphatic rings. The van der Waals surface area contributed by atoms with Crippen LogP contribution in [0.4, 0.5) is 5.69 Å². The molecular formula is C15H12N3Y-. The fourth-order valence-corrected chi connectivity index (χ4v) is 2.09. The van der Waals surface area contributed by atoms with Gasteiger partial charge in [-0.05, 0) is 30.3 Å². The van der Waals surface area contributed by atoms with Crippen molar-refractivity contribution in [3.63, 3.8) is 0 Å². The van der Waals surface area contributed by atoms with Crippen LogP contribution in [0.25, 0.3) is 22.2 Å². The summed E-state index contributed by atoms with van der Waals surface area (Å²) in [5.41, 5.74) is 10.5. The molecule has 3 nitrogen and oxygen atoms in total. The second-order valence-electron chi connectivity index (χ2n) is 4.27. The summed E-state index contributed by atoms with van der Waals surface area (Å²) in [5.74, 6) is 0. The molecule has 91 valence electrons. The molecule has 2 N–H and O–H groups in total. The number of aromatic nitrogens is 2. The smallest absolute Gasteiger partial charge is 0.0310 e. The van der Waals surface area contributed by atoms with Gasteiger partial charge >= 0.3 is 0 Å². The van der Waals surface area contributed by atoms with Gasteiger partial charge in [0.2, 0.25) is 0 Å². The third-order valence-corrected chi connectivity index (χ3v) is 2.98. The number of rotatable bonds is 1. The molecule has 1 aromatic heterocycles. The van der Waals surface area contributed by atoms with E-state index in [0.29, 0.717) is 0 Å².